The van der Waals surface area contributed by atoms with Crippen molar-refractivity contribution in [2.45, 2.75) is 5.33 Å². The van der Waals surface area contributed by atoms with Crippen LogP contribution in [0.2, 0.25) is 0 Å². The number of carbonyl (C=O) groups excluding carboxylic acids is 1. The molecule has 0 aliphatic carbocycles. The van der Waals surface area contributed by atoms with E-state index in [9.17, 15) is 9.59 Å². The molecule has 0 aliphatic heterocycles. The Kier molecular flexibility index (Phi) is 4.90. The number of ether oxygens (including phenoxy) is 2. The summed E-state index contributed by atoms with van der Waals surface area (Å²) in [5.41, 5.74) is 1.02. The van der Waals surface area contributed by atoms with Crippen LogP contribution in [0.5, 0.6) is 11.5 Å². The van der Waals surface area contributed by atoms with E-state index in [0.29, 0.717) is 33.4 Å². The molecule has 0 saturated carbocycles. The highest BCUT2D eigenvalue weighted by atomic mass is 79.9. The molecular formula is C19H15BrO5. The maximum Gasteiger partial charge on any atom is 0.347 e. The zero-order chi connectivity index (χ0) is 18.0. The van der Waals surface area contributed by atoms with Gasteiger partial charge in [-0.05, 0) is 11.6 Å². The standard InChI is InChI=1S/C19H15BrO5/c1-23-13-7-16(24-2)14-9-15(19(22)25-17(14)8-13)18(21)12-5-3-11(10-20)4-6-12/h3-9H,10H2,1-2H3. The Hall–Kier alpha value is -2.60. The molecule has 128 valence electrons. The average molecular weight is 403 g/mol. The van der Waals surface area contributed by atoms with Crippen LogP contribution in [0.4, 0.5) is 0 Å². The third kappa shape index (κ3) is 3.30. The molecule has 3 aromatic rings. The zero-order valence-corrected chi connectivity index (χ0v) is 15.3. The van der Waals surface area contributed by atoms with Gasteiger partial charge in [0.15, 0.2) is 5.78 Å². The van der Waals surface area contributed by atoms with Crippen LogP contribution in [-0.2, 0) is 5.33 Å². The fourth-order valence-corrected chi connectivity index (χ4v) is 2.88. The van der Waals surface area contributed by atoms with E-state index in [-0.39, 0.29) is 5.56 Å². The lowest BCUT2D eigenvalue weighted by molar-refractivity contribution is 0.103. The second-order valence-electron chi connectivity index (χ2n) is 5.35. The minimum Gasteiger partial charge on any atom is -0.496 e. The van der Waals surface area contributed by atoms with Crippen LogP contribution < -0.4 is 15.1 Å². The van der Waals surface area contributed by atoms with Crippen LogP contribution in [0.3, 0.4) is 0 Å². The number of benzene rings is 2. The monoisotopic (exact) mass is 402 g/mol. The van der Waals surface area contributed by atoms with Gasteiger partial charge >= 0.3 is 5.63 Å². The van der Waals surface area contributed by atoms with Gasteiger partial charge in [-0.3, -0.25) is 4.79 Å². The molecule has 0 amide bonds. The molecule has 6 heteroatoms. The highest BCUT2D eigenvalue weighted by Crippen LogP contribution is 2.31. The van der Waals surface area contributed by atoms with Gasteiger partial charge in [-0.1, -0.05) is 40.2 Å². The second-order valence-corrected chi connectivity index (χ2v) is 5.91. The molecule has 0 radical (unpaired) electrons. The van der Waals surface area contributed by atoms with E-state index in [0.717, 1.165) is 5.56 Å². The van der Waals surface area contributed by atoms with Crippen molar-refractivity contribution in [3.05, 3.63) is 69.6 Å². The van der Waals surface area contributed by atoms with Gasteiger partial charge < -0.3 is 13.9 Å². The van der Waals surface area contributed by atoms with Crippen molar-refractivity contribution < 1.29 is 18.7 Å². The summed E-state index contributed by atoms with van der Waals surface area (Å²) in [6, 6.07) is 11.8. The Morgan fingerprint density at radius 1 is 1.08 bits per heavy atom. The molecule has 0 N–H and O–H groups in total. The summed E-state index contributed by atoms with van der Waals surface area (Å²) < 4.78 is 15.8. The molecule has 5 nitrogen and oxygen atoms in total. The number of alkyl halides is 1. The summed E-state index contributed by atoms with van der Waals surface area (Å²) in [5, 5.41) is 1.22. The third-order valence-electron chi connectivity index (χ3n) is 3.86. The van der Waals surface area contributed by atoms with E-state index in [1.807, 2.05) is 12.1 Å². The molecule has 0 unspecified atom stereocenters. The Labute approximate surface area is 152 Å². The fraction of sp³-hybridized carbons (Fsp3) is 0.158. The number of fused-ring (bicyclic) bond motifs is 1. The van der Waals surface area contributed by atoms with Gasteiger partial charge in [-0.15, -0.1) is 0 Å². The summed E-state index contributed by atoms with van der Waals surface area (Å²) in [6.07, 6.45) is 0. The van der Waals surface area contributed by atoms with Crippen molar-refractivity contribution in [1.82, 2.24) is 0 Å². The van der Waals surface area contributed by atoms with Crippen LogP contribution in [0.15, 0.2) is 51.7 Å². The first-order valence-corrected chi connectivity index (χ1v) is 8.59. The van der Waals surface area contributed by atoms with Gasteiger partial charge in [0.2, 0.25) is 0 Å². The van der Waals surface area contributed by atoms with E-state index in [4.69, 9.17) is 13.9 Å². The van der Waals surface area contributed by atoms with Crippen molar-refractivity contribution in [2.24, 2.45) is 0 Å². The predicted octanol–water partition coefficient (Wildman–Crippen LogP) is 3.94. The molecule has 0 spiro atoms. The topological polar surface area (TPSA) is 65.7 Å². The molecule has 1 heterocycles. The first-order valence-electron chi connectivity index (χ1n) is 7.47. The highest BCUT2D eigenvalue weighted by molar-refractivity contribution is 9.08. The Morgan fingerprint density at radius 2 is 1.80 bits per heavy atom. The molecule has 25 heavy (non-hydrogen) atoms. The van der Waals surface area contributed by atoms with Gasteiger partial charge in [0, 0.05) is 23.0 Å². The summed E-state index contributed by atoms with van der Waals surface area (Å²) in [5.74, 6) is 0.563. The van der Waals surface area contributed by atoms with Crippen LogP contribution in [0, 0.1) is 0 Å². The predicted molar refractivity (Wildman–Crippen MR) is 98.1 cm³/mol. The van der Waals surface area contributed by atoms with Gasteiger partial charge in [-0.2, -0.15) is 0 Å². The lowest BCUT2D eigenvalue weighted by Crippen LogP contribution is -2.15. The van der Waals surface area contributed by atoms with Crippen molar-refractivity contribution in [3.8, 4) is 11.5 Å². The van der Waals surface area contributed by atoms with E-state index in [1.165, 1.54) is 20.3 Å². The number of hydrogen-bond acceptors (Lipinski definition) is 5. The summed E-state index contributed by atoms with van der Waals surface area (Å²) >= 11 is 3.36. The van der Waals surface area contributed by atoms with Crippen LogP contribution in [-0.4, -0.2) is 20.0 Å². The lowest BCUT2D eigenvalue weighted by atomic mass is 10.0. The number of methoxy groups -OCH3 is 2. The number of carbonyl (C=O) groups is 1. The lowest BCUT2D eigenvalue weighted by Gasteiger charge is -2.09. The van der Waals surface area contributed by atoms with E-state index < -0.39 is 11.4 Å². The van der Waals surface area contributed by atoms with Gasteiger partial charge in [0.25, 0.3) is 0 Å². The van der Waals surface area contributed by atoms with Crippen LogP contribution >= 0.6 is 15.9 Å². The Balaban J connectivity index is 2.13. The number of rotatable bonds is 5. The second kappa shape index (κ2) is 7.11. The fourth-order valence-electron chi connectivity index (χ4n) is 2.51. The molecule has 0 aliphatic rings. The van der Waals surface area contributed by atoms with Crippen molar-refractivity contribution in [3.63, 3.8) is 0 Å². The summed E-state index contributed by atoms with van der Waals surface area (Å²) in [4.78, 5) is 25.0. The van der Waals surface area contributed by atoms with Crippen LogP contribution in [0.1, 0.15) is 21.5 Å². The van der Waals surface area contributed by atoms with E-state index in [1.54, 1.807) is 24.3 Å². The maximum absolute atomic E-state index is 12.7. The number of ketones is 1. The molecular weight excluding hydrogens is 388 g/mol. The SMILES string of the molecule is COc1cc(OC)c2cc(C(=O)c3ccc(CBr)cc3)c(=O)oc2c1. The molecule has 0 atom stereocenters. The normalized spacial score (nSPS) is 10.7. The molecule has 0 saturated heterocycles. The Bertz CT molecular complexity index is 989. The van der Waals surface area contributed by atoms with E-state index in [2.05, 4.69) is 15.9 Å². The molecule has 2 aromatic carbocycles. The van der Waals surface area contributed by atoms with Crippen molar-refractivity contribution in [2.75, 3.05) is 14.2 Å². The summed E-state index contributed by atoms with van der Waals surface area (Å²) in [6.45, 7) is 0. The van der Waals surface area contributed by atoms with Gasteiger partial charge in [-0.25, -0.2) is 4.79 Å². The minimum absolute atomic E-state index is 0.0393. The molecule has 0 fully saturated rings. The molecule has 3 rings (SSSR count). The van der Waals surface area contributed by atoms with Crippen molar-refractivity contribution >= 4 is 32.7 Å². The van der Waals surface area contributed by atoms with Gasteiger partial charge in [0.05, 0.1) is 19.6 Å². The van der Waals surface area contributed by atoms with Crippen molar-refractivity contribution in [1.29, 1.82) is 0 Å². The number of halogens is 1. The highest BCUT2D eigenvalue weighted by Gasteiger charge is 2.18. The average Bonchev–Trinajstić information content (AvgIpc) is 2.65. The first-order chi connectivity index (χ1) is 12.1. The summed E-state index contributed by atoms with van der Waals surface area (Å²) in [7, 11) is 3.01. The minimum atomic E-state index is -0.697. The largest absolute Gasteiger partial charge is 0.496 e. The van der Waals surface area contributed by atoms with Crippen LogP contribution in [0.25, 0.3) is 11.0 Å². The van der Waals surface area contributed by atoms with E-state index >= 15 is 0 Å². The third-order valence-corrected chi connectivity index (χ3v) is 4.51. The molecule has 1 aromatic heterocycles. The quantitative estimate of drug-likeness (QED) is 0.367. The first kappa shape index (κ1) is 17.2. The zero-order valence-electron chi connectivity index (χ0n) is 13.7. The smallest absolute Gasteiger partial charge is 0.347 e. The Morgan fingerprint density at radius 3 is 2.40 bits per heavy atom. The van der Waals surface area contributed by atoms with Gasteiger partial charge in [0.1, 0.15) is 22.6 Å². The maximum atomic E-state index is 12.7. The molecule has 0 bridgehead atoms. The number of hydrogen-bond donors (Lipinski definition) is 0.